The van der Waals surface area contributed by atoms with Gasteiger partial charge in [0.25, 0.3) is 0 Å². The van der Waals surface area contributed by atoms with E-state index in [-0.39, 0.29) is 6.29 Å². The van der Waals surface area contributed by atoms with Gasteiger partial charge in [0.2, 0.25) is 0 Å². The number of rotatable bonds is 3. The lowest BCUT2D eigenvalue weighted by molar-refractivity contribution is -0.0928. The maximum absolute atomic E-state index is 10.4. The van der Waals surface area contributed by atoms with E-state index >= 15 is 0 Å². The van der Waals surface area contributed by atoms with Crippen molar-refractivity contribution in [3.05, 3.63) is 0 Å². The second-order valence-corrected chi connectivity index (χ2v) is 4.15. The summed E-state index contributed by atoms with van der Waals surface area (Å²) in [5.41, 5.74) is 0. The van der Waals surface area contributed by atoms with Crippen molar-refractivity contribution in [2.24, 2.45) is 11.8 Å². The first-order chi connectivity index (χ1) is 7.27. The van der Waals surface area contributed by atoms with Crippen LogP contribution < -0.4 is 5.32 Å². The minimum atomic E-state index is -0.950. The molecule has 0 aromatic carbocycles. The number of carboxylic acid groups (broad SMARTS) is 1. The smallest absolute Gasteiger partial charge is 0.404 e. The van der Waals surface area contributed by atoms with Crippen molar-refractivity contribution < 1.29 is 19.4 Å². The van der Waals surface area contributed by atoms with E-state index in [2.05, 4.69) is 5.32 Å². The standard InChI is InChI=1S/C10H17NO4/c12-10(13)11-6-7-2-1-3-8(7)9-14-4-5-15-9/h7-9,11H,1-6H2,(H,12,13)/t7-,8-/m1/s1. The molecule has 5 nitrogen and oxygen atoms in total. The minimum absolute atomic E-state index is 0.104. The van der Waals surface area contributed by atoms with Gasteiger partial charge in [0, 0.05) is 12.5 Å². The molecule has 1 aliphatic carbocycles. The van der Waals surface area contributed by atoms with Gasteiger partial charge in [0.05, 0.1) is 13.2 Å². The molecule has 0 aromatic rings. The third kappa shape index (κ3) is 2.60. The highest BCUT2D eigenvalue weighted by Crippen LogP contribution is 2.36. The van der Waals surface area contributed by atoms with Crippen molar-refractivity contribution in [3.8, 4) is 0 Å². The quantitative estimate of drug-likeness (QED) is 0.738. The molecule has 0 bridgehead atoms. The van der Waals surface area contributed by atoms with Gasteiger partial charge in [0.15, 0.2) is 6.29 Å². The average molecular weight is 215 g/mol. The zero-order chi connectivity index (χ0) is 10.7. The fraction of sp³-hybridized carbons (Fsp3) is 0.900. The fourth-order valence-electron chi connectivity index (χ4n) is 2.52. The highest BCUT2D eigenvalue weighted by molar-refractivity contribution is 5.64. The Hall–Kier alpha value is -0.810. The molecule has 2 rings (SSSR count). The maximum atomic E-state index is 10.4. The van der Waals surface area contributed by atoms with E-state index in [4.69, 9.17) is 14.6 Å². The highest BCUT2D eigenvalue weighted by atomic mass is 16.7. The SMILES string of the molecule is O=C(O)NC[C@H]1CCC[C@H]1C1OCCO1. The van der Waals surface area contributed by atoms with E-state index < -0.39 is 6.09 Å². The van der Waals surface area contributed by atoms with E-state index in [1.54, 1.807) is 0 Å². The Labute approximate surface area is 88.7 Å². The van der Waals surface area contributed by atoms with E-state index in [0.29, 0.717) is 31.6 Å². The molecular formula is C10H17NO4. The van der Waals surface area contributed by atoms with Crippen LogP contribution in [0, 0.1) is 11.8 Å². The normalized spacial score (nSPS) is 32.0. The fourth-order valence-corrected chi connectivity index (χ4v) is 2.52. The minimum Gasteiger partial charge on any atom is -0.465 e. The van der Waals surface area contributed by atoms with Crippen LogP contribution in [-0.4, -0.2) is 37.2 Å². The van der Waals surface area contributed by atoms with Crippen LogP contribution in [0.4, 0.5) is 4.79 Å². The first-order valence-corrected chi connectivity index (χ1v) is 5.47. The van der Waals surface area contributed by atoms with Crippen LogP contribution in [0.25, 0.3) is 0 Å². The van der Waals surface area contributed by atoms with Gasteiger partial charge in [-0.15, -0.1) is 0 Å². The average Bonchev–Trinajstić information content (AvgIpc) is 2.85. The maximum Gasteiger partial charge on any atom is 0.404 e. The lowest BCUT2D eigenvalue weighted by Crippen LogP contribution is -2.34. The lowest BCUT2D eigenvalue weighted by atomic mass is 9.95. The van der Waals surface area contributed by atoms with Gasteiger partial charge in [-0.05, 0) is 18.8 Å². The summed E-state index contributed by atoms with van der Waals surface area (Å²) in [6.45, 7) is 1.85. The Kier molecular flexibility index (Phi) is 3.43. The Morgan fingerprint density at radius 3 is 2.73 bits per heavy atom. The summed E-state index contributed by atoms with van der Waals surface area (Å²) >= 11 is 0. The molecule has 1 amide bonds. The predicted octanol–water partition coefficient (Wildman–Crippen LogP) is 1.04. The predicted molar refractivity (Wildman–Crippen MR) is 52.6 cm³/mol. The second-order valence-electron chi connectivity index (χ2n) is 4.15. The number of carbonyl (C=O) groups is 1. The Morgan fingerprint density at radius 1 is 1.33 bits per heavy atom. The molecule has 2 N–H and O–H groups in total. The van der Waals surface area contributed by atoms with Crippen LogP contribution in [0.2, 0.25) is 0 Å². The molecule has 2 atom stereocenters. The van der Waals surface area contributed by atoms with Crippen LogP contribution in [0.1, 0.15) is 19.3 Å². The molecular weight excluding hydrogens is 198 g/mol. The second kappa shape index (κ2) is 4.81. The van der Waals surface area contributed by atoms with Gasteiger partial charge in [-0.2, -0.15) is 0 Å². The topological polar surface area (TPSA) is 67.8 Å². The van der Waals surface area contributed by atoms with E-state index in [1.807, 2.05) is 0 Å². The third-order valence-electron chi connectivity index (χ3n) is 3.23. The van der Waals surface area contributed by atoms with Gasteiger partial charge in [-0.1, -0.05) is 6.42 Å². The van der Waals surface area contributed by atoms with E-state index in [9.17, 15) is 4.79 Å². The summed E-state index contributed by atoms with van der Waals surface area (Å²) < 4.78 is 11.0. The van der Waals surface area contributed by atoms with Crippen molar-refractivity contribution in [1.82, 2.24) is 5.32 Å². The first-order valence-electron chi connectivity index (χ1n) is 5.47. The van der Waals surface area contributed by atoms with Crippen molar-refractivity contribution in [1.29, 1.82) is 0 Å². The summed E-state index contributed by atoms with van der Waals surface area (Å²) in [5.74, 6) is 0.726. The number of hydrogen-bond donors (Lipinski definition) is 2. The molecule has 1 saturated carbocycles. The number of hydrogen-bond acceptors (Lipinski definition) is 3. The molecule has 5 heteroatoms. The highest BCUT2D eigenvalue weighted by Gasteiger charge is 2.36. The Morgan fingerprint density at radius 2 is 2.07 bits per heavy atom. The summed E-state index contributed by atoms with van der Waals surface area (Å²) in [7, 11) is 0. The molecule has 0 spiro atoms. The molecule has 86 valence electrons. The summed E-state index contributed by atoms with van der Waals surface area (Å²) in [6.07, 6.45) is 2.23. The molecule has 0 aromatic heterocycles. The molecule has 15 heavy (non-hydrogen) atoms. The van der Waals surface area contributed by atoms with Gasteiger partial charge in [0.1, 0.15) is 0 Å². The van der Waals surface area contributed by atoms with Crippen molar-refractivity contribution >= 4 is 6.09 Å². The number of ether oxygens (including phenoxy) is 2. The van der Waals surface area contributed by atoms with Crippen LogP contribution in [0.3, 0.4) is 0 Å². The zero-order valence-corrected chi connectivity index (χ0v) is 8.65. The molecule has 1 aliphatic heterocycles. The van der Waals surface area contributed by atoms with Crippen LogP contribution in [-0.2, 0) is 9.47 Å². The van der Waals surface area contributed by atoms with Gasteiger partial charge in [-0.3, -0.25) is 0 Å². The van der Waals surface area contributed by atoms with Gasteiger partial charge < -0.3 is 19.9 Å². The molecule has 2 aliphatic rings. The van der Waals surface area contributed by atoms with Gasteiger partial charge in [-0.25, -0.2) is 4.79 Å². The van der Waals surface area contributed by atoms with Crippen LogP contribution >= 0.6 is 0 Å². The number of nitrogens with one attached hydrogen (secondary N) is 1. The Bertz CT molecular complexity index is 227. The molecule has 1 heterocycles. The summed E-state index contributed by atoms with van der Waals surface area (Å²) in [6, 6.07) is 0. The van der Waals surface area contributed by atoms with Crippen molar-refractivity contribution in [2.75, 3.05) is 19.8 Å². The molecule has 2 fully saturated rings. The molecule has 0 radical (unpaired) electrons. The van der Waals surface area contributed by atoms with Crippen molar-refractivity contribution in [2.45, 2.75) is 25.6 Å². The van der Waals surface area contributed by atoms with Crippen molar-refractivity contribution in [3.63, 3.8) is 0 Å². The Balaban J connectivity index is 1.84. The molecule has 0 unspecified atom stereocenters. The van der Waals surface area contributed by atoms with E-state index in [1.165, 1.54) is 0 Å². The largest absolute Gasteiger partial charge is 0.465 e. The molecule has 1 saturated heterocycles. The number of amides is 1. The van der Waals surface area contributed by atoms with Gasteiger partial charge >= 0.3 is 6.09 Å². The van der Waals surface area contributed by atoms with Crippen LogP contribution in [0.5, 0.6) is 0 Å². The first kappa shape index (κ1) is 10.7. The summed E-state index contributed by atoms with van der Waals surface area (Å²) in [5, 5.41) is 11.0. The third-order valence-corrected chi connectivity index (χ3v) is 3.23. The lowest BCUT2D eigenvalue weighted by Gasteiger charge is -2.23. The monoisotopic (exact) mass is 215 g/mol. The summed E-state index contributed by atoms with van der Waals surface area (Å²) in [4.78, 5) is 10.4. The zero-order valence-electron chi connectivity index (χ0n) is 8.65. The van der Waals surface area contributed by atoms with E-state index in [0.717, 1.165) is 19.3 Å². The van der Waals surface area contributed by atoms with Crippen LogP contribution in [0.15, 0.2) is 0 Å².